The number of amidine groups is 1. The maximum atomic E-state index is 12.7. The fourth-order valence-electron chi connectivity index (χ4n) is 4.48. The van der Waals surface area contributed by atoms with Crippen LogP contribution in [0.5, 0.6) is 0 Å². The minimum atomic E-state index is -0.523. The molecular formula is C24H42N4O5. The number of ether oxygens (including phenoxy) is 2. The monoisotopic (exact) mass is 466 g/mol. The maximum absolute atomic E-state index is 12.7. The summed E-state index contributed by atoms with van der Waals surface area (Å²) >= 11 is 0. The second kappa shape index (κ2) is 9.68. The normalized spacial score (nSPS) is 23.7. The molecule has 1 amide bonds. The van der Waals surface area contributed by atoms with Crippen molar-refractivity contribution in [2.24, 2.45) is 17.0 Å². The zero-order chi connectivity index (χ0) is 24.6. The van der Waals surface area contributed by atoms with E-state index in [9.17, 15) is 9.59 Å². The minimum absolute atomic E-state index is 0.102. The summed E-state index contributed by atoms with van der Waals surface area (Å²) in [6.07, 6.45) is 0.109. The molecule has 0 aliphatic carbocycles. The molecule has 188 valence electrons. The van der Waals surface area contributed by atoms with Gasteiger partial charge in [-0.1, -0.05) is 19.0 Å². The topological polar surface area (TPSA) is 83.9 Å². The Morgan fingerprint density at radius 3 is 2.06 bits per heavy atom. The van der Waals surface area contributed by atoms with Gasteiger partial charge in [-0.15, -0.1) is 0 Å². The lowest BCUT2D eigenvalue weighted by molar-refractivity contribution is -0.167. The summed E-state index contributed by atoms with van der Waals surface area (Å²) < 4.78 is 11.1. The lowest BCUT2D eigenvalue weighted by atomic mass is 9.88. The zero-order valence-electron chi connectivity index (χ0n) is 21.6. The number of carbonyl (C=O) groups excluding carboxylic acids is 2. The summed E-state index contributed by atoms with van der Waals surface area (Å²) in [4.78, 5) is 37.2. The van der Waals surface area contributed by atoms with Crippen LogP contribution in [0.15, 0.2) is 5.16 Å². The summed E-state index contributed by atoms with van der Waals surface area (Å²) in [5.41, 5.74) is -0.993. The van der Waals surface area contributed by atoms with E-state index in [4.69, 9.17) is 14.3 Å². The number of likely N-dealkylation sites (tertiary alicyclic amines) is 1. The van der Waals surface area contributed by atoms with Gasteiger partial charge >= 0.3 is 12.1 Å². The molecule has 9 nitrogen and oxygen atoms in total. The third-order valence-corrected chi connectivity index (χ3v) is 6.18. The quantitative estimate of drug-likeness (QED) is 0.589. The first-order valence-electron chi connectivity index (χ1n) is 12.2. The number of nitrogens with zero attached hydrogens (tertiary/aromatic N) is 4. The largest absolute Gasteiger partial charge is 0.460 e. The first-order valence-corrected chi connectivity index (χ1v) is 12.2. The highest BCUT2D eigenvalue weighted by Gasteiger charge is 2.43. The fraction of sp³-hybridized carbons (Fsp3) is 0.875. The molecule has 2 atom stereocenters. The predicted molar refractivity (Wildman–Crippen MR) is 126 cm³/mol. The van der Waals surface area contributed by atoms with E-state index in [1.165, 1.54) is 0 Å². The smallest absolute Gasteiger partial charge is 0.410 e. The van der Waals surface area contributed by atoms with Crippen LogP contribution in [0.2, 0.25) is 0 Å². The van der Waals surface area contributed by atoms with Crippen LogP contribution >= 0.6 is 0 Å². The van der Waals surface area contributed by atoms with E-state index in [1.54, 1.807) is 4.90 Å². The molecule has 0 aromatic rings. The minimum Gasteiger partial charge on any atom is -0.460 e. The average molecular weight is 467 g/mol. The Balaban J connectivity index is 1.44. The number of hydrogen-bond donors (Lipinski definition) is 0. The van der Waals surface area contributed by atoms with Gasteiger partial charge in [0, 0.05) is 51.7 Å². The Morgan fingerprint density at radius 2 is 1.55 bits per heavy atom. The van der Waals surface area contributed by atoms with Gasteiger partial charge in [-0.3, -0.25) is 9.69 Å². The standard InChI is InChI=1S/C24H42N4O5/c1-16(2)20(21(29)31-23(3,4)5)18-13-19(25-33-18)28-14-17(15-28)26-9-11-27(12-10-26)22(30)32-24(6,7)8/h16-18,20H,9-15H2,1-8H3. The number of piperazine rings is 1. The van der Waals surface area contributed by atoms with Crippen molar-refractivity contribution < 1.29 is 23.9 Å². The molecule has 0 aromatic carbocycles. The van der Waals surface area contributed by atoms with Gasteiger partial charge in [-0.2, -0.15) is 0 Å². The molecule has 9 heteroatoms. The van der Waals surface area contributed by atoms with Crippen molar-refractivity contribution in [2.45, 2.75) is 85.2 Å². The number of rotatable bonds is 4. The maximum Gasteiger partial charge on any atom is 0.410 e. The molecule has 0 spiro atoms. The van der Waals surface area contributed by atoms with E-state index in [0.717, 1.165) is 32.0 Å². The third-order valence-electron chi connectivity index (χ3n) is 6.18. The van der Waals surface area contributed by atoms with Crippen molar-refractivity contribution >= 4 is 17.9 Å². The van der Waals surface area contributed by atoms with Gasteiger partial charge in [0.25, 0.3) is 0 Å². The van der Waals surface area contributed by atoms with Crippen molar-refractivity contribution in [3.8, 4) is 0 Å². The molecule has 0 N–H and O–H groups in total. The summed E-state index contributed by atoms with van der Waals surface area (Å²) in [5.74, 6) is 0.453. The van der Waals surface area contributed by atoms with Crippen LogP contribution in [0, 0.1) is 11.8 Å². The number of oxime groups is 1. The van der Waals surface area contributed by atoms with Gasteiger partial charge in [0.1, 0.15) is 23.1 Å². The van der Waals surface area contributed by atoms with Crippen LogP contribution in [0.25, 0.3) is 0 Å². The van der Waals surface area contributed by atoms with Crippen molar-refractivity contribution in [1.82, 2.24) is 14.7 Å². The first-order chi connectivity index (χ1) is 15.2. The van der Waals surface area contributed by atoms with Crippen molar-refractivity contribution in [1.29, 1.82) is 0 Å². The molecule has 2 unspecified atom stereocenters. The highest BCUT2D eigenvalue weighted by Crippen LogP contribution is 2.30. The molecule has 3 aliphatic rings. The van der Waals surface area contributed by atoms with Crippen molar-refractivity contribution in [3.63, 3.8) is 0 Å². The van der Waals surface area contributed by atoms with E-state index < -0.39 is 11.2 Å². The molecule has 3 heterocycles. The lowest BCUT2D eigenvalue weighted by Gasteiger charge is -2.48. The van der Waals surface area contributed by atoms with Gasteiger partial charge in [0.15, 0.2) is 0 Å². The number of carbonyl (C=O) groups is 2. The molecule has 0 aromatic heterocycles. The molecule has 0 radical (unpaired) electrons. The molecule has 3 aliphatic heterocycles. The van der Waals surface area contributed by atoms with Gasteiger partial charge in [-0.25, -0.2) is 4.79 Å². The van der Waals surface area contributed by atoms with Gasteiger partial charge in [-0.05, 0) is 47.5 Å². The predicted octanol–water partition coefficient (Wildman–Crippen LogP) is 2.94. The van der Waals surface area contributed by atoms with Crippen molar-refractivity contribution in [2.75, 3.05) is 39.3 Å². The van der Waals surface area contributed by atoms with E-state index in [0.29, 0.717) is 25.6 Å². The average Bonchev–Trinajstić information content (AvgIpc) is 3.06. The second-order valence-corrected chi connectivity index (χ2v) is 11.7. The molecule has 33 heavy (non-hydrogen) atoms. The SMILES string of the molecule is CC(C)C(C(=O)OC(C)(C)C)C1CC(N2CC(N3CCN(C(=O)OC(C)(C)C)CC3)C2)=NO1. The zero-order valence-corrected chi connectivity index (χ0v) is 21.6. The van der Waals surface area contributed by atoms with Crippen LogP contribution in [0.4, 0.5) is 4.79 Å². The summed E-state index contributed by atoms with van der Waals surface area (Å²) in [6, 6.07) is 0.444. The van der Waals surface area contributed by atoms with Crippen LogP contribution in [0.3, 0.4) is 0 Å². The van der Waals surface area contributed by atoms with E-state index in [-0.39, 0.29) is 30.0 Å². The van der Waals surface area contributed by atoms with E-state index >= 15 is 0 Å². The van der Waals surface area contributed by atoms with Crippen LogP contribution < -0.4 is 0 Å². The second-order valence-electron chi connectivity index (χ2n) is 11.7. The molecular weight excluding hydrogens is 424 g/mol. The van der Waals surface area contributed by atoms with Crippen molar-refractivity contribution in [3.05, 3.63) is 0 Å². The highest BCUT2D eigenvalue weighted by atomic mass is 16.6. The van der Waals surface area contributed by atoms with Crippen LogP contribution in [0.1, 0.15) is 61.8 Å². The Hall–Kier alpha value is -2.03. The van der Waals surface area contributed by atoms with Crippen LogP contribution in [-0.4, -0.2) is 95.2 Å². The fourth-order valence-corrected chi connectivity index (χ4v) is 4.48. The molecule has 2 saturated heterocycles. The summed E-state index contributed by atoms with van der Waals surface area (Å²) in [5, 5.41) is 4.32. The molecule has 0 bridgehead atoms. The Kier molecular flexibility index (Phi) is 7.51. The van der Waals surface area contributed by atoms with E-state index in [1.807, 2.05) is 55.4 Å². The Morgan fingerprint density at radius 1 is 0.970 bits per heavy atom. The molecule has 0 saturated carbocycles. The third kappa shape index (κ3) is 6.74. The van der Waals surface area contributed by atoms with Gasteiger partial charge in [0.2, 0.25) is 0 Å². The Bertz CT molecular complexity index is 741. The van der Waals surface area contributed by atoms with Gasteiger partial charge < -0.3 is 24.1 Å². The summed E-state index contributed by atoms with van der Waals surface area (Å²) in [6.45, 7) is 20.2. The van der Waals surface area contributed by atoms with E-state index in [2.05, 4.69) is 15.0 Å². The lowest BCUT2D eigenvalue weighted by Crippen LogP contribution is -2.64. The van der Waals surface area contributed by atoms with Gasteiger partial charge in [0.05, 0.1) is 5.92 Å². The molecule has 3 rings (SSSR count). The van der Waals surface area contributed by atoms with Crippen LogP contribution in [-0.2, 0) is 19.1 Å². The first kappa shape index (κ1) is 25.6. The highest BCUT2D eigenvalue weighted by molar-refractivity contribution is 5.85. The molecule has 2 fully saturated rings. The number of amides is 1. The summed E-state index contributed by atoms with van der Waals surface area (Å²) in [7, 11) is 0. The number of hydrogen-bond acceptors (Lipinski definition) is 8. The Labute approximate surface area is 198 Å². The number of esters is 1.